The Kier molecular flexibility index (Phi) is 5.07. The molecule has 0 radical (unpaired) electrons. The van der Waals surface area contributed by atoms with E-state index >= 15 is 0 Å². The molecular formula is C14H14BrF2NS. The fourth-order valence-corrected chi connectivity index (χ4v) is 3.00. The number of benzene rings is 1. The van der Waals surface area contributed by atoms with Crippen molar-refractivity contribution < 1.29 is 8.78 Å². The monoisotopic (exact) mass is 345 g/mol. The maximum Gasteiger partial charge on any atom is 0.137 e. The van der Waals surface area contributed by atoms with E-state index in [0.29, 0.717) is 5.56 Å². The highest BCUT2D eigenvalue weighted by Crippen LogP contribution is 2.30. The van der Waals surface area contributed by atoms with Crippen LogP contribution < -0.4 is 5.32 Å². The molecule has 0 saturated carbocycles. The third-order valence-corrected chi connectivity index (χ3v) is 4.32. The van der Waals surface area contributed by atoms with E-state index in [-0.39, 0.29) is 10.5 Å². The molecule has 1 aromatic heterocycles. The Labute approximate surface area is 123 Å². The van der Waals surface area contributed by atoms with Crippen molar-refractivity contribution in [3.8, 4) is 0 Å². The van der Waals surface area contributed by atoms with Gasteiger partial charge in [0.25, 0.3) is 0 Å². The molecule has 1 nitrogen and oxygen atoms in total. The first-order valence-electron chi connectivity index (χ1n) is 6.04. The average molecular weight is 346 g/mol. The number of thiophene rings is 1. The number of nitrogens with one attached hydrogen (secondary N) is 1. The van der Waals surface area contributed by atoms with Gasteiger partial charge in [-0.15, -0.1) is 11.3 Å². The van der Waals surface area contributed by atoms with Crippen LogP contribution >= 0.6 is 27.3 Å². The zero-order valence-electron chi connectivity index (χ0n) is 10.4. The predicted octanol–water partition coefficient (Wildman–Crippen LogP) is 4.88. The van der Waals surface area contributed by atoms with E-state index in [2.05, 4.69) is 21.2 Å². The fraction of sp³-hybridized carbons (Fsp3) is 0.286. The molecule has 1 aromatic carbocycles. The first-order chi connectivity index (χ1) is 9.13. The van der Waals surface area contributed by atoms with Crippen molar-refractivity contribution in [1.82, 2.24) is 5.32 Å². The summed E-state index contributed by atoms with van der Waals surface area (Å²) in [6, 6.07) is 5.97. The number of halogens is 3. The molecule has 0 amide bonds. The minimum atomic E-state index is -0.448. The summed E-state index contributed by atoms with van der Waals surface area (Å²) in [5.74, 6) is -0.855. The molecule has 0 aliphatic carbocycles. The molecule has 5 heteroatoms. The summed E-state index contributed by atoms with van der Waals surface area (Å²) in [4.78, 5) is 0.981. The maximum atomic E-state index is 14.1. The highest BCUT2D eigenvalue weighted by molar-refractivity contribution is 9.10. The summed E-state index contributed by atoms with van der Waals surface area (Å²) < 4.78 is 27.9. The summed E-state index contributed by atoms with van der Waals surface area (Å²) in [6.45, 7) is 2.79. The standard InChI is InChI=1S/C14H14BrF2NS/c1-2-5-18-14(13-4-3-6-19-13)9-7-12(17)10(15)8-11(9)16/h3-4,6-8,14,18H,2,5H2,1H3. The van der Waals surface area contributed by atoms with E-state index < -0.39 is 11.6 Å². The minimum Gasteiger partial charge on any atom is -0.306 e. The maximum absolute atomic E-state index is 14.1. The second kappa shape index (κ2) is 6.59. The Balaban J connectivity index is 2.40. The quantitative estimate of drug-likeness (QED) is 0.761. The normalized spacial score (nSPS) is 12.6. The number of hydrogen-bond acceptors (Lipinski definition) is 2. The summed E-state index contributed by atoms with van der Waals surface area (Å²) in [5, 5.41) is 5.20. The molecule has 1 heterocycles. The van der Waals surface area contributed by atoms with Gasteiger partial charge >= 0.3 is 0 Å². The molecule has 19 heavy (non-hydrogen) atoms. The molecule has 0 aliphatic rings. The summed E-state index contributed by atoms with van der Waals surface area (Å²) in [5.41, 5.74) is 0.344. The Morgan fingerprint density at radius 1 is 1.32 bits per heavy atom. The molecule has 0 spiro atoms. The molecule has 2 rings (SSSR count). The Morgan fingerprint density at radius 2 is 2.11 bits per heavy atom. The van der Waals surface area contributed by atoms with Crippen molar-refractivity contribution in [3.63, 3.8) is 0 Å². The number of hydrogen-bond donors (Lipinski definition) is 1. The average Bonchev–Trinajstić information content (AvgIpc) is 2.89. The fourth-order valence-electron chi connectivity index (χ4n) is 1.87. The molecule has 0 fully saturated rings. The van der Waals surface area contributed by atoms with Crippen molar-refractivity contribution in [2.24, 2.45) is 0 Å². The Hall–Kier alpha value is -0.780. The van der Waals surface area contributed by atoms with Crippen molar-refractivity contribution in [2.75, 3.05) is 6.54 Å². The Morgan fingerprint density at radius 3 is 2.74 bits per heavy atom. The summed E-state index contributed by atoms with van der Waals surface area (Å²) in [6.07, 6.45) is 0.933. The molecule has 1 atom stereocenters. The topological polar surface area (TPSA) is 12.0 Å². The molecule has 2 aromatic rings. The molecule has 1 N–H and O–H groups in total. The van der Waals surface area contributed by atoms with Gasteiger partial charge in [-0.2, -0.15) is 0 Å². The van der Waals surface area contributed by atoms with Crippen LogP contribution in [-0.2, 0) is 0 Å². The third kappa shape index (κ3) is 3.41. The lowest BCUT2D eigenvalue weighted by Crippen LogP contribution is -2.23. The van der Waals surface area contributed by atoms with Crippen LogP contribution in [0, 0.1) is 11.6 Å². The summed E-state index contributed by atoms with van der Waals surface area (Å²) in [7, 11) is 0. The first-order valence-corrected chi connectivity index (χ1v) is 7.72. The van der Waals surface area contributed by atoms with Gasteiger partial charge in [0.1, 0.15) is 11.6 Å². The summed E-state index contributed by atoms with van der Waals surface area (Å²) >= 11 is 4.53. The van der Waals surface area contributed by atoms with Gasteiger partial charge in [0.15, 0.2) is 0 Å². The zero-order valence-corrected chi connectivity index (χ0v) is 12.8. The molecule has 0 aliphatic heterocycles. The van der Waals surface area contributed by atoms with Gasteiger partial charge in [0, 0.05) is 10.4 Å². The molecular weight excluding hydrogens is 332 g/mol. The van der Waals surface area contributed by atoms with Gasteiger partial charge in [0.2, 0.25) is 0 Å². The van der Waals surface area contributed by atoms with Gasteiger partial charge in [-0.05, 0) is 52.5 Å². The van der Waals surface area contributed by atoms with Crippen LogP contribution in [0.5, 0.6) is 0 Å². The van der Waals surface area contributed by atoms with Crippen LogP contribution in [0.1, 0.15) is 29.8 Å². The van der Waals surface area contributed by atoms with Gasteiger partial charge in [-0.25, -0.2) is 8.78 Å². The van der Waals surface area contributed by atoms with Crippen LogP contribution in [0.15, 0.2) is 34.1 Å². The molecule has 0 bridgehead atoms. The van der Waals surface area contributed by atoms with Crippen LogP contribution in [0.3, 0.4) is 0 Å². The van der Waals surface area contributed by atoms with E-state index in [9.17, 15) is 8.78 Å². The second-order valence-corrected chi connectivity index (χ2v) is 6.02. The van der Waals surface area contributed by atoms with Crippen LogP contribution in [0.4, 0.5) is 8.78 Å². The van der Waals surface area contributed by atoms with Crippen molar-refractivity contribution in [1.29, 1.82) is 0 Å². The molecule has 1 unspecified atom stereocenters. The predicted molar refractivity (Wildman–Crippen MR) is 78.5 cm³/mol. The Bertz CT molecular complexity index is 543. The lowest BCUT2D eigenvalue weighted by molar-refractivity contribution is 0.536. The minimum absolute atomic E-state index is 0.147. The highest BCUT2D eigenvalue weighted by atomic mass is 79.9. The van der Waals surface area contributed by atoms with Crippen molar-refractivity contribution in [3.05, 3.63) is 56.2 Å². The first kappa shape index (κ1) is 14.6. The smallest absolute Gasteiger partial charge is 0.137 e. The van der Waals surface area contributed by atoms with E-state index in [1.165, 1.54) is 23.5 Å². The lowest BCUT2D eigenvalue weighted by atomic mass is 10.0. The van der Waals surface area contributed by atoms with E-state index in [1.54, 1.807) is 0 Å². The number of rotatable bonds is 5. The van der Waals surface area contributed by atoms with Crippen molar-refractivity contribution >= 4 is 27.3 Å². The second-order valence-electron chi connectivity index (χ2n) is 4.19. The molecule has 102 valence electrons. The highest BCUT2D eigenvalue weighted by Gasteiger charge is 2.20. The van der Waals surface area contributed by atoms with Crippen LogP contribution in [0.2, 0.25) is 0 Å². The van der Waals surface area contributed by atoms with Gasteiger partial charge < -0.3 is 5.32 Å². The largest absolute Gasteiger partial charge is 0.306 e. The van der Waals surface area contributed by atoms with E-state index in [1.807, 2.05) is 24.4 Å². The third-order valence-electron chi connectivity index (χ3n) is 2.78. The zero-order chi connectivity index (χ0) is 13.8. The van der Waals surface area contributed by atoms with Crippen LogP contribution in [-0.4, -0.2) is 6.54 Å². The van der Waals surface area contributed by atoms with Gasteiger partial charge in [0.05, 0.1) is 10.5 Å². The van der Waals surface area contributed by atoms with Crippen LogP contribution in [0.25, 0.3) is 0 Å². The van der Waals surface area contributed by atoms with Gasteiger partial charge in [-0.3, -0.25) is 0 Å². The lowest BCUT2D eigenvalue weighted by Gasteiger charge is -2.18. The molecule has 0 saturated heterocycles. The SMILES string of the molecule is CCCNC(c1cccs1)c1cc(F)c(Br)cc1F. The van der Waals surface area contributed by atoms with E-state index in [0.717, 1.165) is 17.8 Å². The van der Waals surface area contributed by atoms with Gasteiger partial charge in [-0.1, -0.05) is 13.0 Å². The van der Waals surface area contributed by atoms with Crippen molar-refractivity contribution in [2.45, 2.75) is 19.4 Å². The van der Waals surface area contributed by atoms with E-state index in [4.69, 9.17) is 0 Å².